The van der Waals surface area contributed by atoms with Gasteiger partial charge in [-0.15, -0.1) is 11.6 Å². The van der Waals surface area contributed by atoms with E-state index in [0.29, 0.717) is 5.56 Å². The molecule has 0 nitrogen and oxygen atoms in total. The molecule has 0 radical (unpaired) electrons. The second kappa shape index (κ2) is 6.24. The van der Waals surface area contributed by atoms with Crippen molar-refractivity contribution in [3.8, 4) is 0 Å². The summed E-state index contributed by atoms with van der Waals surface area (Å²) in [6, 6.07) is 9.11. The minimum atomic E-state index is -4.38. The summed E-state index contributed by atoms with van der Waals surface area (Å²) in [4.78, 5) is 0. The fourth-order valence-electron chi connectivity index (χ4n) is 1.91. The summed E-state index contributed by atoms with van der Waals surface area (Å²) in [6.07, 6.45) is -4.17. The molecule has 0 heterocycles. The Morgan fingerprint density at radius 1 is 1.00 bits per heavy atom. The molecule has 0 bridgehead atoms. The predicted molar refractivity (Wildman–Crippen MR) is 75.2 cm³/mol. The quantitative estimate of drug-likeness (QED) is 0.474. The lowest BCUT2D eigenvalue weighted by atomic mass is 10.0. The molecule has 0 aromatic heterocycles. The molecule has 2 aromatic rings. The Kier molecular flexibility index (Phi) is 4.79. The van der Waals surface area contributed by atoms with E-state index in [0.717, 1.165) is 12.1 Å². The molecule has 6 heteroatoms. The van der Waals surface area contributed by atoms with Crippen molar-refractivity contribution in [2.45, 2.75) is 18.0 Å². The number of alkyl halides is 4. The summed E-state index contributed by atoms with van der Waals surface area (Å²) >= 11 is 11.8. The monoisotopic (exact) mass is 336 g/mol. The second-order valence-corrected chi connectivity index (χ2v) is 5.44. The van der Waals surface area contributed by atoms with Gasteiger partial charge in [0.2, 0.25) is 0 Å². The van der Waals surface area contributed by atoms with Gasteiger partial charge in [-0.05, 0) is 30.2 Å². The van der Waals surface area contributed by atoms with Crippen LogP contribution in [0.5, 0.6) is 0 Å². The van der Waals surface area contributed by atoms with Crippen molar-refractivity contribution in [1.82, 2.24) is 0 Å². The van der Waals surface area contributed by atoms with Crippen LogP contribution in [-0.2, 0) is 12.6 Å². The zero-order valence-corrected chi connectivity index (χ0v) is 12.1. The molecule has 1 unspecified atom stereocenters. The molecule has 0 spiro atoms. The van der Waals surface area contributed by atoms with E-state index in [9.17, 15) is 17.6 Å². The topological polar surface area (TPSA) is 0 Å². The van der Waals surface area contributed by atoms with Crippen molar-refractivity contribution in [2.24, 2.45) is 0 Å². The summed E-state index contributed by atoms with van der Waals surface area (Å²) in [6.45, 7) is 0. The highest BCUT2D eigenvalue weighted by Crippen LogP contribution is 2.32. The maximum atomic E-state index is 13.8. The maximum absolute atomic E-state index is 13.8. The third-order valence-corrected chi connectivity index (χ3v) is 3.70. The van der Waals surface area contributed by atoms with Crippen LogP contribution in [0.4, 0.5) is 17.6 Å². The highest BCUT2D eigenvalue weighted by Gasteiger charge is 2.30. The molecule has 2 rings (SSSR count). The Morgan fingerprint density at radius 3 is 2.19 bits per heavy atom. The van der Waals surface area contributed by atoms with Crippen LogP contribution in [0.3, 0.4) is 0 Å². The van der Waals surface area contributed by atoms with Gasteiger partial charge in [-0.2, -0.15) is 13.2 Å². The van der Waals surface area contributed by atoms with Gasteiger partial charge in [0.1, 0.15) is 5.82 Å². The minimum absolute atomic E-state index is 0.0365. The number of rotatable bonds is 3. The maximum Gasteiger partial charge on any atom is 0.416 e. The second-order valence-electron chi connectivity index (χ2n) is 4.51. The summed E-state index contributed by atoms with van der Waals surface area (Å²) in [5, 5.41) is -0.744. The van der Waals surface area contributed by atoms with Crippen LogP contribution in [0.15, 0.2) is 42.5 Å². The fourth-order valence-corrected chi connectivity index (χ4v) is 2.44. The lowest BCUT2D eigenvalue weighted by molar-refractivity contribution is -0.137. The van der Waals surface area contributed by atoms with Crippen LogP contribution in [0, 0.1) is 5.82 Å². The number of benzene rings is 2. The number of halogens is 6. The Bertz CT molecular complexity index is 621. The zero-order valence-electron chi connectivity index (χ0n) is 10.6. The minimum Gasteiger partial charge on any atom is -0.205 e. The number of hydrogen-bond acceptors (Lipinski definition) is 0. The highest BCUT2D eigenvalue weighted by molar-refractivity contribution is 6.31. The molecule has 112 valence electrons. The Balaban J connectivity index is 2.16. The summed E-state index contributed by atoms with van der Waals surface area (Å²) in [7, 11) is 0. The van der Waals surface area contributed by atoms with E-state index in [-0.39, 0.29) is 17.0 Å². The smallest absolute Gasteiger partial charge is 0.205 e. The van der Waals surface area contributed by atoms with Gasteiger partial charge in [0, 0.05) is 5.56 Å². The Morgan fingerprint density at radius 2 is 1.62 bits per heavy atom. The van der Waals surface area contributed by atoms with Gasteiger partial charge in [0.15, 0.2) is 0 Å². The van der Waals surface area contributed by atoms with E-state index in [1.807, 2.05) is 0 Å². The first-order valence-electron chi connectivity index (χ1n) is 6.03. The molecular formula is C15H10Cl2F4. The first kappa shape index (κ1) is 16.1. The van der Waals surface area contributed by atoms with Gasteiger partial charge < -0.3 is 0 Å². The van der Waals surface area contributed by atoms with Crippen molar-refractivity contribution in [1.29, 1.82) is 0 Å². The van der Waals surface area contributed by atoms with E-state index in [2.05, 4.69) is 0 Å². The molecule has 0 saturated heterocycles. The predicted octanol–water partition coefficient (Wildman–Crippen LogP) is 6.02. The average molecular weight is 337 g/mol. The standard InChI is InChI=1S/C15H10Cl2F4/c16-12-3-1-2-11(14(12)18)13(17)8-9-4-6-10(7-5-9)15(19,20)21/h1-7,13H,8H2. The SMILES string of the molecule is Fc1c(Cl)cccc1C(Cl)Cc1ccc(C(F)(F)F)cc1. The van der Waals surface area contributed by atoms with E-state index in [4.69, 9.17) is 23.2 Å². The largest absolute Gasteiger partial charge is 0.416 e. The Hall–Kier alpha value is -1.26. The van der Waals surface area contributed by atoms with Crippen LogP contribution in [-0.4, -0.2) is 0 Å². The fraction of sp³-hybridized carbons (Fsp3) is 0.200. The molecule has 0 aliphatic heterocycles. The van der Waals surface area contributed by atoms with Crippen molar-refractivity contribution < 1.29 is 17.6 Å². The van der Waals surface area contributed by atoms with Crippen LogP contribution in [0.2, 0.25) is 5.02 Å². The first-order valence-corrected chi connectivity index (χ1v) is 6.84. The molecule has 0 fully saturated rings. The van der Waals surface area contributed by atoms with Crippen LogP contribution in [0.25, 0.3) is 0 Å². The van der Waals surface area contributed by atoms with Gasteiger partial charge in [-0.3, -0.25) is 0 Å². The third-order valence-electron chi connectivity index (χ3n) is 3.02. The van der Waals surface area contributed by atoms with Crippen LogP contribution < -0.4 is 0 Å². The van der Waals surface area contributed by atoms with Gasteiger partial charge in [0.05, 0.1) is 16.0 Å². The normalized spacial score (nSPS) is 13.2. The van der Waals surface area contributed by atoms with E-state index < -0.39 is 22.9 Å². The lowest BCUT2D eigenvalue weighted by Gasteiger charge is -2.13. The van der Waals surface area contributed by atoms with Crippen molar-refractivity contribution in [3.05, 3.63) is 70.0 Å². The van der Waals surface area contributed by atoms with Gasteiger partial charge in [-0.25, -0.2) is 4.39 Å². The molecule has 1 atom stereocenters. The summed E-state index contributed by atoms with van der Waals surface area (Å²) in [5.74, 6) is -0.605. The first-order chi connectivity index (χ1) is 9.79. The van der Waals surface area contributed by atoms with Crippen molar-refractivity contribution >= 4 is 23.2 Å². The molecule has 0 aliphatic carbocycles. The molecule has 0 amide bonds. The Labute approximate surface area is 129 Å². The summed E-state index contributed by atoms with van der Waals surface area (Å²) in [5.41, 5.74) is 0.0812. The van der Waals surface area contributed by atoms with E-state index in [1.165, 1.54) is 24.3 Å². The van der Waals surface area contributed by atoms with Crippen molar-refractivity contribution in [2.75, 3.05) is 0 Å². The third kappa shape index (κ3) is 3.89. The van der Waals surface area contributed by atoms with Gasteiger partial charge >= 0.3 is 6.18 Å². The highest BCUT2D eigenvalue weighted by atomic mass is 35.5. The van der Waals surface area contributed by atoms with Crippen LogP contribution >= 0.6 is 23.2 Å². The molecule has 0 N–H and O–H groups in total. The van der Waals surface area contributed by atoms with Gasteiger partial charge in [0.25, 0.3) is 0 Å². The van der Waals surface area contributed by atoms with E-state index in [1.54, 1.807) is 6.07 Å². The zero-order chi connectivity index (χ0) is 15.6. The lowest BCUT2D eigenvalue weighted by Crippen LogP contribution is -2.05. The van der Waals surface area contributed by atoms with Crippen molar-refractivity contribution in [3.63, 3.8) is 0 Å². The molecule has 21 heavy (non-hydrogen) atoms. The molecular weight excluding hydrogens is 327 g/mol. The summed E-state index contributed by atoms with van der Waals surface area (Å²) < 4.78 is 51.2. The molecule has 0 aliphatic rings. The number of hydrogen-bond donors (Lipinski definition) is 0. The average Bonchev–Trinajstić information content (AvgIpc) is 2.41. The van der Waals surface area contributed by atoms with Gasteiger partial charge in [-0.1, -0.05) is 35.9 Å². The molecule has 0 saturated carbocycles. The molecule has 2 aromatic carbocycles. The van der Waals surface area contributed by atoms with E-state index >= 15 is 0 Å². The van der Waals surface area contributed by atoms with Crippen LogP contribution in [0.1, 0.15) is 22.1 Å².